The highest BCUT2D eigenvalue weighted by atomic mass is 32.2. The van der Waals surface area contributed by atoms with Gasteiger partial charge >= 0.3 is 0 Å². The average molecular weight is 445 g/mol. The van der Waals surface area contributed by atoms with Gasteiger partial charge in [-0.15, -0.1) is 0 Å². The number of ether oxygens (including phenoxy) is 1. The van der Waals surface area contributed by atoms with Crippen LogP contribution in [0.3, 0.4) is 0 Å². The van der Waals surface area contributed by atoms with E-state index >= 15 is 0 Å². The Hall–Kier alpha value is -3.24. The van der Waals surface area contributed by atoms with Gasteiger partial charge in [-0.3, -0.25) is 4.79 Å². The van der Waals surface area contributed by atoms with Crippen molar-refractivity contribution in [1.29, 1.82) is 0 Å². The fourth-order valence-corrected chi connectivity index (χ4v) is 4.40. The first-order valence-corrected chi connectivity index (χ1v) is 11.2. The first-order valence-electron chi connectivity index (χ1n) is 9.77. The summed E-state index contributed by atoms with van der Waals surface area (Å²) in [5.41, 5.74) is 0.787. The Morgan fingerprint density at radius 2 is 1.77 bits per heavy atom. The highest BCUT2D eigenvalue weighted by Gasteiger charge is 2.21. The number of benzene rings is 2. The smallest absolute Gasteiger partial charge is 0.259 e. The second-order valence-corrected chi connectivity index (χ2v) is 8.52. The van der Waals surface area contributed by atoms with Crippen molar-refractivity contribution in [1.82, 2.24) is 14.4 Å². The van der Waals surface area contributed by atoms with E-state index in [1.165, 1.54) is 16.4 Å². The van der Waals surface area contributed by atoms with Crippen LogP contribution >= 0.6 is 0 Å². The van der Waals surface area contributed by atoms with Crippen LogP contribution in [-0.4, -0.2) is 41.9 Å². The largest absolute Gasteiger partial charge is 0.485 e. The van der Waals surface area contributed by atoms with Gasteiger partial charge in [-0.05, 0) is 36.4 Å². The van der Waals surface area contributed by atoms with Gasteiger partial charge in [-0.1, -0.05) is 31.1 Å². The molecular weight excluding hydrogens is 420 g/mol. The normalized spacial score (nSPS) is 11.5. The molecule has 0 bridgehead atoms. The van der Waals surface area contributed by atoms with Crippen molar-refractivity contribution in [2.45, 2.75) is 32.3 Å². The Balaban J connectivity index is 1.72. The molecule has 1 amide bonds. The van der Waals surface area contributed by atoms with E-state index in [4.69, 9.17) is 9.26 Å². The van der Waals surface area contributed by atoms with Gasteiger partial charge in [0.05, 0.1) is 10.5 Å². The van der Waals surface area contributed by atoms with Gasteiger partial charge in [0.2, 0.25) is 21.7 Å². The molecule has 31 heavy (non-hydrogen) atoms. The molecule has 0 fully saturated rings. The quantitative estimate of drug-likeness (QED) is 0.539. The summed E-state index contributed by atoms with van der Waals surface area (Å²) in [4.78, 5) is 17.0. The van der Waals surface area contributed by atoms with E-state index in [1.54, 1.807) is 57.2 Å². The molecule has 3 rings (SSSR count). The second kappa shape index (κ2) is 9.71. The third-order valence-electron chi connectivity index (χ3n) is 4.51. The number of hydrogen-bond acceptors (Lipinski definition) is 7. The zero-order chi connectivity index (χ0) is 22.4. The molecule has 1 aromatic heterocycles. The van der Waals surface area contributed by atoms with Crippen molar-refractivity contribution in [3.8, 4) is 5.75 Å². The minimum atomic E-state index is -3.56. The number of rotatable bonds is 9. The number of hydrogen-bond donors (Lipinski definition) is 1. The molecule has 0 saturated carbocycles. The molecule has 0 aliphatic rings. The molecule has 1 N–H and O–H groups in total. The van der Waals surface area contributed by atoms with E-state index in [0.717, 1.165) is 0 Å². The number of sulfonamides is 1. The number of aryl methyl sites for hydroxylation is 1. The van der Waals surface area contributed by atoms with Crippen molar-refractivity contribution in [2.24, 2.45) is 0 Å². The van der Waals surface area contributed by atoms with Crippen molar-refractivity contribution >= 4 is 21.6 Å². The summed E-state index contributed by atoms with van der Waals surface area (Å²) in [5.74, 6) is 0.774. The SMILES string of the molecule is CCN(CC)S(=O)(=O)c1ccc(NC(=O)c2ccccc2OCc2noc(C)n2)cc1. The van der Waals surface area contributed by atoms with Crippen LogP contribution in [-0.2, 0) is 16.6 Å². The van der Waals surface area contributed by atoms with Gasteiger partial charge in [-0.25, -0.2) is 8.42 Å². The highest BCUT2D eigenvalue weighted by Crippen LogP contribution is 2.22. The van der Waals surface area contributed by atoms with Crippen molar-refractivity contribution < 1.29 is 22.5 Å². The summed E-state index contributed by atoms with van der Waals surface area (Å²) in [6.45, 7) is 6.08. The van der Waals surface area contributed by atoms with Crippen molar-refractivity contribution in [3.63, 3.8) is 0 Å². The fourth-order valence-electron chi connectivity index (χ4n) is 2.94. The molecule has 0 radical (unpaired) electrons. The summed E-state index contributed by atoms with van der Waals surface area (Å²) in [5, 5.41) is 6.52. The Bertz CT molecular complexity index is 1140. The zero-order valence-corrected chi connectivity index (χ0v) is 18.3. The molecule has 0 atom stereocenters. The maximum Gasteiger partial charge on any atom is 0.259 e. The fraction of sp³-hybridized carbons (Fsp3) is 0.286. The summed E-state index contributed by atoms with van der Waals surface area (Å²) >= 11 is 0. The van der Waals surface area contributed by atoms with Crippen molar-refractivity contribution in [3.05, 3.63) is 65.8 Å². The summed E-state index contributed by atoms with van der Waals surface area (Å²) in [6.07, 6.45) is 0. The molecule has 1 heterocycles. The minimum absolute atomic E-state index is 0.0551. The number of nitrogens with zero attached hydrogens (tertiary/aromatic N) is 3. The highest BCUT2D eigenvalue weighted by molar-refractivity contribution is 7.89. The van der Waals surface area contributed by atoms with Gasteiger partial charge in [0.25, 0.3) is 5.91 Å². The molecule has 10 heteroatoms. The molecular formula is C21H24N4O5S. The first-order chi connectivity index (χ1) is 14.8. The van der Waals surface area contributed by atoms with E-state index in [0.29, 0.717) is 41.8 Å². The predicted molar refractivity (Wildman–Crippen MR) is 114 cm³/mol. The van der Waals surface area contributed by atoms with Crippen LogP contribution in [0.1, 0.15) is 35.9 Å². The molecule has 2 aromatic carbocycles. The summed E-state index contributed by atoms with van der Waals surface area (Å²) < 4.78 is 37.1. The van der Waals surface area contributed by atoms with E-state index in [-0.39, 0.29) is 17.4 Å². The molecule has 0 aliphatic heterocycles. The summed E-state index contributed by atoms with van der Waals surface area (Å²) in [7, 11) is -3.56. The lowest BCUT2D eigenvalue weighted by atomic mass is 10.2. The Labute approximate surface area is 181 Å². The van der Waals surface area contributed by atoms with Crippen LogP contribution in [0.4, 0.5) is 5.69 Å². The van der Waals surface area contributed by atoms with Gasteiger partial charge in [0.1, 0.15) is 5.75 Å². The number of para-hydroxylation sites is 1. The monoisotopic (exact) mass is 444 g/mol. The maximum absolute atomic E-state index is 12.8. The third-order valence-corrected chi connectivity index (χ3v) is 6.58. The van der Waals surface area contributed by atoms with E-state index in [1.807, 2.05) is 0 Å². The Morgan fingerprint density at radius 1 is 1.10 bits per heavy atom. The van der Waals surface area contributed by atoms with Crippen LogP contribution in [0.25, 0.3) is 0 Å². The van der Waals surface area contributed by atoms with Gasteiger partial charge in [0.15, 0.2) is 6.61 Å². The lowest BCUT2D eigenvalue weighted by Crippen LogP contribution is -2.30. The van der Waals surface area contributed by atoms with Crippen LogP contribution < -0.4 is 10.1 Å². The maximum atomic E-state index is 12.8. The van der Waals surface area contributed by atoms with Crippen LogP contribution in [0.15, 0.2) is 57.9 Å². The van der Waals surface area contributed by atoms with E-state index in [2.05, 4.69) is 15.5 Å². The zero-order valence-electron chi connectivity index (χ0n) is 17.5. The van der Waals surface area contributed by atoms with Crippen LogP contribution in [0, 0.1) is 6.92 Å². The Morgan fingerprint density at radius 3 is 2.39 bits per heavy atom. The topological polar surface area (TPSA) is 115 Å². The van der Waals surface area contributed by atoms with E-state index in [9.17, 15) is 13.2 Å². The van der Waals surface area contributed by atoms with Gasteiger partial charge in [0, 0.05) is 25.7 Å². The molecule has 3 aromatic rings. The number of nitrogens with one attached hydrogen (secondary N) is 1. The van der Waals surface area contributed by atoms with Gasteiger partial charge in [-0.2, -0.15) is 9.29 Å². The first kappa shape index (κ1) is 22.4. The lowest BCUT2D eigenvalue weighted by Gasteiger charge is -2.18. The second-order valence-electron chi connectivity index (χ2n) is 6.58. The number of carbonyl (C=O) groups is 1. The van der Waals surface area contributed by atoms with Crippen molar-refractivity contribution in [2.75, 3.05) is 18.4 Å². The minimum Gasteiger partial charge on any atom is -0.485 e. The molecule has 0 saturated heterocycles. The van der Waals surface area contributed by atoms with E-state index < -0.39 is 10.0 Å². The van der Waals surface area contributed by atoms with Crippen LogP contribution in [0.5, 0.6) is 5.75 Å². The molecule has 9 nitrogen and oxygen atoms in total. The number of amides is 1. The molecule has 0 unspecified atom stereocenters. The molecule has 0 spiro atoms. The summed E-state index contributed by atoms with van der Waals surface area (Å²) in [6, 6.07) is 12.8. The average Bonchev–Trinajstić information content (AvgIpc) is 3.18. The standard InChI is InChI=1S/C21H24N4O5S/c1-4-25(5-2)31(27,28)17-12-10-16(11-13-17)23-21(26)18-8-6-7-9-19(18)29-14-20-22-15(3)30-24-20/h6-13H,4-5,14H2,1-3H3,(H,23,26). The lowest BCUT2D eigenvalue weighted by molar-refractivity contribution is 0.102. The molecule has 0 aliphatic carbocycles. The third kappa shape index (κ3) is 5.28. The Kier molecular flexibility index (Phi) is 7.03. The van der Waals surface area contributed by atoms with Gasteiger partial charge < -0.3 is 14.6 Å². The van der Waals surface area contributed by atoms with Crippen LogP contribution in [0.2, 0.25) is 0 Å². The predicted octanol–water partition coefficient (Wildman–Crippen LogP) is 3.24. The number of carbonyl (C=O) groups excluding carboxylic acids is 1. The number of anilines is 1. The molecule has 164 valence electrons. The number of aromatic nitrogens is 2.